The number of halogens is 2. The molecule has 2 aliphatic rings. The van der Waals surface area contributed by atoms with Gasteiger partial charge in [0.2, 0.25) is 11.8 Å². The van der Waals surface area contributed by atoms with Gasteiger partial charge >= 0.3 is 0 Å². The first-order valence-electron chi connectivity index (χ1n) is 11.2. The molecule has 3 N–H and O–H groups in total. The molecule has 1 spiro atoms. The summed E-state index contributed by atoms with van der Waals surface area (Å²) in [7, 11) is 0. The monoisotopic (exact) mass is 471 g/mol. The van der Waals surface area contributed by atoms with E-state index in [0.717, 1.165) is 11.8 Å². The summed E-state index contributed by atoms with van der Waals surface area (Å²) in [6.07, 6.45) is 1.21. The van der Waals surface area contributed by atoms with E-state index in [0.29, 0.717) is 45.7 Å². The predicted molar refractivity (Wildman–Crippen MR) is 123 cm³/mol. The number of nitrogens with one attached hydrogen (secondary N) is 3. The van der Waals surface area contributed by atoms with E-state index in [2.05, 4.69) is 20.9 Å². The molecule has 180 valence electrons. The molecular formula is C24H27F2N5O3. The number of amides is 3. The summed E-state index contributed by atoms with van der Waals surface area (Å²) in [5.74, 6) is -1.69. The Balaban J connectivity index is 1.32. The molecule has 0 aliphatic carbocycles. The Morgan fingerprint density at radius 3 is 2.41 bits per heavy atom. The fraction of sp³-hybridized carbons (Fsp3) is 0.375. The zero-order valence-electron chi connectivity index (χ0n) is 18.9. The molecule has 8 nitrogen and oxygen atoms in total. The summed E-state index contributed by atoms with van der Waals surface area (Å²) in [5, 5.41) is 8.20. The Kier molecular flexibility index (Phi) is 6.78. The lowest BCUT2D eigenvalue weighted by molar-refractivity contribution is -0.125. The number of nitrogens with zero attached hydrogens (tertiary/aromatic N) is 2. The summed E-state index contributed by atoms with van der Waals surface area (Å²) in [6.45, 7) is 3.93. The highest BCUT2D eigenvalue weighted by atomic mass is 19.1. The van der Waals surface area contributed by atoms with Crippen LogP contribution in [0, 0.1) is 11.6 Å². The molecule has 0 unspecified atom stereocenters. The second kappa shape index (κ2) is 9.76. The second-order valence-electron chi connectivity index (χ2n) is 8.57. The largest absolute Gasteiger partial charge is 0.351 e. The van der Waals surface area contributed by atoms with Crippen LogP contribution in [0.4, 0.5) is 20.2 Å². The zero-order valence-corrected chi connectivity index (χ0v) is 18.9. The van der Waals surface area contributed by atoms with Gasteiger partial charge < -0.3 is 25.8 Å². The van der Waals surface area contributed by atoms with Crippen LogP contribution in [0.5, 0.6) is 0 Å². The number of benzene rings is 2. The molecule has 4 rings (SSSR count). The highest BCUT2D eigenvalue weighted by molar-refractivity contribution is 6.03. The molecule has 2 aromatic rings. The Morgan fingerprint density at radius 2 is 1.74 bits per heavy atom. The van der Waals surface area contributed by atoms with E-state index in [1.807, 2.05) is 4.90 Å². The average molecular weight is 472 g/mol. The minimum atomic E-state index is -0.668. The summed E-state index contributed by atoms with van der Waals surface area (Å²) in [5.41, 5.74) is 0.443. The third-order valence-corrected chi connectivity index (χ3v) is 6.41. The Labute approximate surface area is 196 Å². The Hall–Kier alpha value is -3.53. The van der Waals surface area contributed by atoms with Gasteiger partial charge in [-0.3, -0.25) is 14.4 Å². The molecule has 0 atom stereocenters. The van der Waals surface area contributed by atoms with Crippen LogP contribution in [0.25, 0.3) is 0 Å². The van der Waals surface area contributed by atoms with Crippen molar-refractivity contribution < 1.29 is 23.2 Å². The van der Waals surface area contributed by atoms with Gasteiger partial charge in [-0.2, -0.15) is 0 Å². The second-order valence-corrected chi connectivity index (χ2v) is 8.57. The maximum Gasteiger partial charge on any atom is 0.253 e. The molecule has 0 aromatic heterocycles. The van der Waals surface area contributed by atoms with Crippen molar-refractivity contribution in [1.82, 2.24) is 15.5 Å². The maximum absolute atomic E-state index is 13.5. The van der Waals surface area contributed by atoms with Crippen molar-refractivity contribution in [3.63, 3.8) is 0 Å². The van der Waals surface area contributed by atoms with Crippen molar-refractivity contribution in [3.05, 3.63) is 59.7 Å². The van der Waals surface area contributed by atoms with Crippen LogP contribution in [0.15, 0.2) is 42.5 Å². The van der Waals surface area contributed by atoms with Gasteiger partial charge in [-0.05, 0) is 55.3 Å². The number of hydrogen-bond donors (Lipinski definition) is 3. The number of likely N-dealkylation sites (tertiary alicyclic amines) is 1. The van der Waals surface area contributed by atoms with Crippen LogP contribution in [-0.4, -0.2) is 61.0 Å². The summed E-state index contributed by atoms with van der Waals surface area (Å²) in [4.78, 5) is 40.9. The number of rotatable bonds is 6. The third kappa shape index (κ3) is 4.86. The van der Waals surface area contributed by atoms with Crippen molar-refractivity contribution in [2.24, 2.45) is 0 Å². The molecule has 0 saturated carbocycles. The first-order chi connectivity index (χ1) is 16.3. The molecule has 2 saturated heterocycles. The fourth-order valence-electron chi connectivity index (χ4n) is 4.62. The molecule has 3 amide bonds. The van der Waals surface area contributed by atoms with Crippen LogP contribution in [0.3, 0.4) is 0 Å². The topological polar surface area (TPSA) is 93.8 Å². The van der Waals surface area contributed by atoms with Crippen LogP contribution in [-0.2, 0) is 9.59 Å². The predicted octanol–water partition coefficient (Wildman–Crippen LogP) is 2.08. The number of carbonyl (C=O) groups is 3. The van der Waals surface area contributed by atoms with Crippen molar-refractivity contribution in [3.8, 4) is 0 Å². The number of hydrogen-bond acceptors (Lipinski definition) is 5. The maximum atomic E-state index is 13.5. The van der Waals surface area contributed by atoms with E-state index in [4.69, 9.17) is 0 Å². The van der Waals surface area contributed by atoms with Gasteiger partial charge in [0.1, 0.15) is 17.2 Å². The molecule has 0 bridgehead atoms. The van der Waals surface area contributed by atoms with Gasteiger partial charge in [-0.25, -0.2) is 8.78 Å². The van der Waals surface area contributed by atoms with Gasteiger partial charge in [0.25, 0.3) is 5.91 Å². The van der Waals surface area contributed by atoms with Gasteiger partial charge in [-0.15, -0.1) is 0 Å². The molecule has 2 aromatic carbocycles. The lowest BCUT2D eigenvalue weighted by atomic mass is 9.85. The summed E-state index contributed by atoms with van der Waals surface area (Å²) < 4.78 is 26.9. The molecule has 34 heavy (non-hydrogen) atoms. The third-order valence-electron chi connectivity index (χ3n) is 6.41. The van der Waals surface area contributed by atoms with Crippen LogP contribution in [0.2, 0.25) is 0 Å². The molecule has 0 radical (unpaired) electrons. The van der Waals surface area contributed by atoms with Crippen LogP contribution < -0.4 is 20.9 Å². The molecular weight excluding hydrogens is 444 g/mol. The minimum Gasteiger partial charge on any atom is -0.351 e. The van der Waals surface area contributed by atoms with Gasteiger partial charge in [0.15, 0.2) is 0 Å². The minimum absolute atomic E-state index is 0.0217. The van der Waals surface area contributed by atoms with Crippen LogP contribution in [0.1, 0.15) is 30.1 Å². The van der Waals surface area contributed by atoms with Gasteiger partial charge in [0.05, 0.1) is 17.9 Å². The lowest BCUT2D eigenvalue weighted by Crippen LogP contribution is -2.57. The van der Waals surface area contributed by atoms with E-state index < -0.39 is 23.2 Å². The number of anilines is 2. The normalized spacial score (nSPS) is 17.5. The van der Waals surface area contributed by atoms with E-state index in [1.54, 1.807) is 12.1 Å². The van der Waals surface area contributed by atoms with E-state index >= 15 is 0 Å². The molecule has 10 heteroatoms. The zero-order chi connectivity index (χ0) is 24.3. The number of piperidine rings is 1. The fourth-order valence-corrected chi connectivity index (χ4v) is 4.62. The summed E-state index contributed by atoms with van der Waals surface area (Å²) >= 11 is 0. The Bertz CT molecular complexity index is 1080. The molecule has 2 fully saturated rings. The quantitative estimate of drug-likeness (QED) is 0.600. The van der Waals surface area contributed by atoms with Crippen LogP contribution >= 0.6 is 0 Å². The van der Waals surface area contributed by atoms with Crippen molar-refractivity contribution >= 4 is 29.1 Å². The molecule has 2 aliphatic heterocycles. The Morgan fingerprint density at radius 1 is 1.06 bits per heavy atom. The smallest absolute Gasteiger partial charge is 0.253 e. The van der Waals surface area contributed by atoms with Gasteiger partial charge in [0, 0.05) is 38.8 Å². The van der Waals surface area contributed by atoms with Gasteiger partial charge in [-0.1, -0.05) is 0 Å². The standard InChI is InChI=1S/C24H27F2N5O3/c1-16(32)29-21-14-18(26)4-7-20(21)22(33)27-10-13-30-11-8-24(9-12-30)23(34)28-15-31(24)19-5-2-17(25)3-6-19/h2-7,14H,8-13,15H2,1H3,(H,27,33)(H,28,34)(H,29,32). The van der Waals surface area contributed by atoms with Crippen molar-refractivity contribution in [1.29, 1.82) is 0 Å². The SMILES string of the molecule is CC(=O)Nc1cc(F)ccc1C(=O)NCCN1CCC2(CC1)C(=O)NCN2c1ccc(F)cc1. The van der Waals surface area contributed by atoms with E-state index in [1.165, 1.54) is 31.2 Å². The highest BCUT2D eigenvalue weighted by Crippen LogP contribution is 2.36. The first kappa shape index (κ1) is 23.6. The van der Waals surface area contributed by atoms with E-state index in [9.17, 15) is 23.2 Å². The van der Waals surface area contributed by atoms with Crippen molar-refractivity contribution in [2.75, 3.05) is 43.1 Å². The lowest BCUT2D eigenvalue weighted by Gasteiger charge is -2.43. The number of carbonyl (C=O) groups excluding carboxylic acids is 3. The summed E-state index contributed by atoms with van der Waals surface area (Å²) in [6, 6.07) is 9.77. The molecule has 2 heterocycles. The van der Waals surface area contributed by atoms with E-state index in [-0.39, 0.29) is 23.0 Å². The first-order valence-corrected chi connectivity index (χ1v) is 11.2. The average Bonchev–Trinajstić information content (AvgIpc) is 3.11. The highest BCUT2D eigenvalue weighted by Gasteiger charge is 2.50. The van der Waals surface area contributed by atoms with Crippen molar-refractivity contribution in [2.45, 2.75) is 25.3 Å².